The molecule has 0 fully saturated rings. The van der Waals surface area contributed by atoms with E-state index < -0.39 is 23.7 Å². The summed E-state index contributed by atoms with van der Waals surface area (Å²) in [5.41, 5.74) is 3.52. The van der Waals surface area contributed by atoms with Crippen molar-refractivity contribution in [3.8, 4) is 0 Å². The first-order chi connectivity index (χ1) is 17.9. The van der Waals surface area contributed by atoms with E-state index in [0.29, 0.717) is 18.1 Å². The zero-order valence-electron chi connectivity index (χ0n) is 20.8. The van der Waals surface area contributed by atoms with Crippen LogP contribution in [0.25, 0.3) is 0 Å². The number of esters is 1. The summed E-state index contributed by atoms with van der Waals surface area (Å²) in [6, 6.07) is 25.7. The number of carbonyl (C=O) groups excluding carboxylic acids is 3. The van der Waals surface area contributed by atoms with Crippen LogP contribution in [0.4, 0.5) is 11.4 Å². The van der Waals surface area contributed by atoms with Gasteiger partial charge in [-0.15, -0.1) is 5.10 Å². The molecule has 0 saturated carbocycles. The molecular weight excluding hydrogens is 468 g/mol. The Morgan fingerprint density at radius 1 is 0.838 bits per heavy atom. The van der Waals surface area contributed by atoms with Crippen molar-refractivity contribution in [1.29, 1.82) is 0 Å². The van der Waals surface area contributed by atoms with Crippen LogP contribution in [0.1, 0.15) is 43.4 Å². The summed E-state index contributed by atoms with van der Waals surface area (Å²) in [7, 11) is 0. The lowest BCUT2D eigenvalue weighted by Crippen LogP contribution is -2.63. The number of anilines is 2. The van der Waals surface area contributed by atoms with Gasteiger partial charge in [0.15, 0.2) is 5.84 Å². The molecule has 8 heteroatoms. The topological polar surface area (TPSA) is 82.5 Å². The van der Waals surface area contributed by atoms with Gasteiger partial charge >= 0.3 is 5.97 Å². The van der Waals surface area contributed by atoms with E-state index in [1.807, 2.05) is 66.7 Å². The number of nitrogens with zero attached hydrogens (tertiary/aromatic N) is 4. The third kappa shape index (κ3) is 3.15. The fraction of sp³-hybridized carbons (Fsp3) is 0.241. The zero-order chi connectivity index (χ0) is 25.9. The molecule has 3 atom stereocenters. The lowest BCUT2D eigenvalue weighted by atomic mass is 9.74. The molecule has 3 aliphatic rings. The van der Waals surface area contributed by atoms with E-state index in [1.54, 1.807) is 4.90 Å². The second kappa shape index (κ2) is 8.30. The van der Waals surface area contributed by atoms with E-state index >= 15 is 0 Å². The van der Waals surface area contributed by atoms with Gasteiger partial charge in [-0.3, -0.25) is 19.3 Å². The molecular formula is C29H26N4O4. The lowest BCUT2D eigenvalue weighted by molar-refractivity contribution is -0.168. The molecule has 8 nitrogen and oxygen atoms in total. The largest absolute Gasteiger partial charge is 0.439 e. The SMILES string of the molecule is CC(=O)O[C@@H]1[C@H]2c3ccccc3N(Cc3ccccc3)[C@@]23C(=NN1C(C)=O)N(C(C)=O)c1ccccc13. The van der Waals surface area contributed by atoms with E-state index in [0.717, 1.165) is 22.4 Å². The van der Waals surface area contributed by atoms with E-state index in [-0.39, 0.29) is 11.8 Å². The number of para-hydroxylation sites is 2. The lowest BCUT2D eigenvalue weighted by Gasteiger charge is -2.48. The Hall–Kier alpha value is -4.46. The average molecular weight is 495 g/mol. The molecule has 2 amide bonds. The van der Waals surface area contributed by atoms with E-state index in [1.165, 1.54) is 25.8 Å². The van der Waals surface area contributed by atoms with Crippen LogP contribution in [0.5, 0.6) is 0 Å². The number of amidine groups is 1. The predicted octanol–water partition coefficient (Wildman–Crippen LogP) is 4.12. The quantitative estimate of drug-likeness (QED) is 0.512. The second-order valence-electron chi connectivity index (χ2n) is 9.53. The van der Waals surface area contributed by atoms with Crippen LogP contribution >= 0.6 is 0 Å². The number of rotatable bonds is 3. The molecule has 37 heavy (non-hydrogen) atoms. The summed E-state index contributed by atoms with van der Waals surface area (Å²) in [6.07, 6.45) is -0.999. The number of hydrogen-bond acceptors (Lipinski definition) is 6. The van der Waals surface area contributed by atoms with Crippen LogP contribution in [0.15, 0.2) is 84.0 Å². The van der Waals surface area contributed by atoms with Crippen molar-refractivity contribution < 1.29 is 19.1 Å². The van der Waals surface area contributed by atoms with Gasteiger partial charge in [-0.1, -0.05) is 66.7 Å². The summed E-state index contributed by atoms with van der Waals surface area (Å²) in [4.78, 5) is 42.3. The normalized spacial score (nSPS) is 23.0. The molecule has 3 aliphatic heterocycles. The van der Waals surface area contributed by atoms with Gasteiger partial charge < -0.3 is 9.64 Å². The molecule has 0 unspecified atom stereocenters. The Kier molecular flexibility index (Phi) is 5.15. The highest BCUT2D eigenvalue weighted by Gasteiger charge is 2.68. The summed E-state index contributed by atoms with van der Waals surface area (Å²) >= 11 is 0. The third-order valence-corrected chi connectivity index (χ3v) is 7.38. The molecule has 0 bridgehead atoms. The Labute approximate surface area is 214 Å². The highest BCUT2D eigenvalue weighted by molar-refractivity contribution is 6.26. The monoisotopic (exact) mass is 494 g/mol. The van der Waals surface area contributed by atoms with Crippen molar-refractivity contribution in [2.75, 3.05) is 9.80 Å². The summed E-state index contributed by atoms with van der Waals surface area (Å²) in [5, 5.41) is 6.00. The average Bonchev–Trinajstić information content (AvgIpc) is 3.34. The van der Waals surface area contributed by atoms with Crippen molar-refractivity contribution in [3.05, 3.63) is 95.6 Å². The third-order valence-electron chi connectivity index (χ3n) is 7.38. The van der Waals surface area contributed by atoms with Crippen molar-refractivity contribution in [2.45, 2.75) is 45.0 Å². The Bertz CT molecular complexity index is 1470. The predicted molar refractivity (Wildman–Crippen MR) is 139 cm³/mol. The van der Waals surface area contributed by atoms with Gasteiger partial charge in [0.1, 0.15) is 5.54 Å². The van der Waals surface area contributed by atoms with Crippen molar-refractivity contribution in [1.82, 2.24) is 5.01 Å². The maximum atomic E-state index is 13.2. The number of hydrogen-bond donors (Lipinski definition) is 0. The summed E-state index contributed by atoms with van der Waals surface area (Å²) in [6.45, 7) is 4.72. The summed E-state index contributed by atoms with van der Waals surface area (Å²) < 4.78 is 5.88. The standard InChI is InChI=1S/C29H26N4O4/c1-18(34)32-25-16-10-8-14-23(25)29-26(27(37-20(3)36)33(19(2)35)30-28(29)32)22-13-7-9-15-24(22)31(29)17-21-11-5-4-6-12-21/h4-16,26-27H,17H2,1-3H3/t26-,27-,29-/m1/s1. The highest BCUT2D eigenvalue weighted by atomic mass is 16.6. The van der Waals surface area contributed by atoms with Crippen LogP contribution < -0.4 is 9.80 Å². The Morgan fingerprint density at radius 2 is 1.49 bits per heavy atom. The number of amides is 2. The molecule has 0 aromatic heterocycles. The molecule has 0 saturated heterocycles. The Morgan fingerprint density at radius 3 is 2.16 bits per heavy atom. The maximum Gasteiger partial charge on any atom is 0.304 e. The van der Waals surface area contributed by atoms with Gasteiger partial charge in [0.05, 0.1) is 11.6 Å². The van der Waals surface area contributed by atoms with Crippen LogP contribution in [0.2, 0.25) is 0 Å². The van der Waals surface area contributed by atoms with Gasteiger partial charge in [-0.2, -0.15) is 5.01 Å². The number of carbonyl (C=O) groups is 3. The molecule has 186 valence electrons. The maximum absolute atomic E-state index is 13.2. The Balaban J connectivity index is 1.71. The van der Waals surface area contributed by atoms with Crippen LogP contribution in [-0.2, 0) is 31.2 Å². The number of hydrazone groups is 1. The first kappa shape index (κ1) is 23.0. The van der Waals surface area contributed by atoms with E-state index in [4.69, 9.17) is 9.84 Å². The smallest absolute Gasteiger partial charge is 0.304 e. The van der Waals surface area contributed by atoms with Gasteiger partial charge in [0.25, 0.3) is 0 Å². The van der Waals surface area contributed by atoms with Crippen molar-refractivity contribution in [3.63, 3.8) is 0 Å². The number of fused-ring (bicyclic) bond motifs is 3. The minimum Gasteiger partial charge on any atom is -0.439 e. The van der Waals surface area contributed by atoms with Gasteiger partial charge in [0.2, 0.25) is 18.0 Å². The molecule has 3 heterocycles. The van der Waals surface area contributed by atoms with Crippen LogP contribution in [0, 0.1) is 0 Å². The molecule has 6 rings (SSSR count). The highest BCUT2D eigenvalue weighted by Crippen LogP contribution is 2.63. The molecule has 0 radical (unpaired) electrons. The van der Waals surface area contributed by atoms with Crippen LogP contribution in [-0.4, -0.2) is 34.9 Å². The molecule has 0 N–H and O–H groups in total. The first-order valence-electron chi connectivity index (χ1n) is 12.2. The molecule has 3 aromatic carbocycles. The van der Waals surface area contributed by atoms with E-state index in [2.05, 4.69) is 17.0 Å². The van der Waals surface area contributed by atoms with Crippen molar-refractivity contribution in [2.24, 2.45) is 5.10 Å². The fourth-order valence-electron chi connectivity index (χ4n) is 6.16. The zero-order valence-corrected chi connectivity index (χ0v) is 20.8. The summed E-state index contributed by atoms with van der Waals surface area (Å²) in [5.74, 6) is -1.22. The minimum absolute atomic E-state index is 0.216. The van der Waals surface area contributed by atoms with E-state index in [9.17, 15) is 14.4 Å². The molecule has 0 aliphatic carbocycles. The van der Waals surface area contributed by atoms with Crippen LogP contribution in [0.3, 0.4) is 0 Å². The molecule has 1 spiro atoms. The van der Waals surface area contributed by atoms with Gasteiger partial charge in [-0.25, -0.2) is 0 Å². The number of benzene rings is 3. The van der Waals surface area contributed by atoms with Gasteiger partial charge in [0, 0.05) is 38.6 Å². The number of ether oxygens (including phenoxy) is 1. The van der Waals surface area contributed by atoms with Crippen molar-refractivity contribution >= 4 is 35.0 Å². The fourth-order valence-corrected chi connectivity index (χ4v) is 6.16. The first-order valence-corrected chi connectivity index (χ1v) is 12.2. The molecule has 3 aromatic rings. The minimum atomic E-state index is -0.999. The van der Waals surface area contributed by atoms with Gasteiger partial charge in [-0.05, 0) is 23.3 Å². The second-order valence-corrected chi connectivity index (χ2v) is 9.53.